The van der Waals surface area contributed by atoms with Crippen molar-refractivity contribution < 1.29 is 14.3 Å². The molecule has 0 bridgehead atoms. The maximum Gasteiger partial charge on any atom is 0.313 e. The second-order valence-corrected chi connectivity index (χ2v) is 7.69. The van der Waals surface area contributed by atoms with Crippen LogP contribution in [-0.4, -0.2) is 11.9 Å². The van der Waals surface area contributed by atoms with E-state index in [9.17, 15) is 9.59 Å². The molecule has 0 fully saturated rings. The van der Waals surface area contributed by atoms with Crippen molar-refractivity contribution in [2.45, 2.75) is 12.5 Å². The van der Waals surface area contributed by atoms with Gasteiger partial charge in [0.05, 0.1) is 24.1 Å². The number of hydrogen-bond donors (Lipinski definition) is 1. The van der Waals surface area contributed by atoms with Crippen LogP contribution in [0.5, 0.6) is 5.75 Å². The summed E-state index contributed by atoms with van der Waals surface area (Å²) in [5, 5.41) is 11.9. The van der Waals surface area contributed by atoms with E-state index in [1.54, 1.807) is 48.5 Å². The Balaban J connectivity index is 1.44. The summed E-state index contributed by atoms with van der Waals surface area (Å²) in [6, 6.07) is 34.3. The largest absolute Gasteiger partial charge is 0.426 e. The van der Waals surface area contributed by atoms with E-state index < -0.39 is 12.0 Å². The van der Waals surface area contributed by atoms with Crippen molar-refractivity contribution in [3.63, 3.8) is 0 Å². The molecule has 0 aliphatic heterocycles. The van der Waals surface area contributed by atoms with E-state index in [0.717, 1.165) is 16.7 Å². The summed E-state index contributed by atoms with van der Waals surface area (Å²) in [5.41, 5.74) is 3.85. The number of nitrogens with zero attached hydrogens (tertiary/aromatic N) is 1. The average Bonchev–Trinajstić information content (AvgIpc) is 2.90. The molecule has 1 amide bonds. The second kappa shape index (κ2) is 10.8. The summed E-state index contributed by atoms with van der Waals surface area (Å²) in [5.74, 6) is -0.286. The maximum atomic E-state index is 12.7. The average molecular weight is 447 g/mol. The molecule has 0 aliphatic carbocycles. The first kappa shape index (κ1) is 22.5. The molecular formula is C29H22N2O3. The smallest absolute Gasteiger partial charge is 0.313 e. The summed E-state index contributed by atoms with van der Waals surface area (Å²) in [6.45, 7) is 0. The molecule has 4 aromatic carbocycles. The topological polar surface area (TPSA) is 79.2 Å². The molecule has 4 rings (SSSR count). The predicted octanol–water partition coefficient (Wildman–Crippen LogP) is 5.69. The number of rotatable bonds is 7. The Hall–Kier alpha value is -4.69. The molecule has 166 valence electrons. The summed E-state index contributed by atoms with van der Waals surface area (Å²) in [6.07, 6.45) is -0.0139. The fourth-order valence-electron chi connectivity index (χ4n) is 3.56. The van der Waals surface area contributed by atoms with Gasteiger partial charge in [-0.25, -0.2) is 0 Å². The Morgan fingerprint density at radius 2 is 1.32 bits per heavy atom. The first-order chi connectivity index (χ1) is 16.6. The van der Waals surface area contributed by atoms with E-state index in [4.69, 9.17) is 10.00 Å². The van der Waals surface area contributed by atoms with E-state index in [-0.39, 0.29) is 12.3 Å². The Bertz CT molecular complexity index is 1290. The van der Waals surface area contributed by atoms with Gasteiger partial charge in [0.2, 0.25) is 0 Å². The molecular weight excluding hydrogens is 424 g/mol. The number of hydrogen-bond acceptors (Lipinski definition) is 4. The number of carbonyl (C=O) groups is 2. The van der Waals surface area contributed by atoms with Crippen LogP contribution in [0.2, 0.25) is 0 Å². The van der Waals surface area contributed by atoms with Crippen molar-refractivity contribution in [3.8, 4) is 22.9 Å². The van der Waals surface area contributed by atoms with Crippen molar-refractivity contribution in [1.82, 2.24) is 5.32 Å². The molecule has 1 atom stereocenters. The Labute approximate surface area is 198 Å². The third-order valence-corrected chi connectivity index (χ3v) is 5.35. The van der Waals surface area contributed by atoms with E-state index in [2.05, 4.69) is 11.4 Å². The van der Waals surface area contributed by atoms with Gasteiger partial charge < -0.3 is 10.1 Å². The zero-order valence-electron chi connectivity index (χ0n) is 18.3. The van der Waals surface area contributed by atoms with Crippen LogP contribution in [0.4, 0.5) is 0 Å². The van der Waals surface area contributed by atoms with Crippen molar-refractivity contribution in [2.75, 3.05) is 0 Å². The lowest BCUT2D eigenvalue weighted by molar-refractivity contribution is -0.134. The molecule has 1 N–H and O–H groups in total. The van der Waals surface area contributed by atoms with Crippen LogP contribution in [-0.2, 0) is 4.79 Å². The van der Waals surface area contributed by atoms with Gasteiger partial charge in [-0.1, -0.05) is 72.8 Å². The molecule has 0 aromatic heterocycles. The zero-order chi connectivity index (χ0) is 23.8. The van der Waals surface area contributed by atoms with E-state index in [1.165, 1.54) is 0 Å². The van der Waals surface area contributed by atoms with Crippen molar-refractivity contribution in [1.29, 1.82) is 5.26 Å². The summed E-state index contributed by atoms with van der Waals surface area (Å²) in [7, 11) is 0. The SMILES string of the molecule is N#Cc1ccc(-c2ccc(OC(=O)CC(NC(=O)c3ccccc3)c3ccccc3)cc2)cc1. The lowest BCUT2D eigenvalue weighted by Crippen LogP contribution is -2.31. The normalized spacial score (nSPS) is 11.1. The first-order valence-corrected chi connectivity index (χ1v) is 10.8. The van der Waals surface area contributed by atoms with Crippen LogP contribution >= 0.6 is 0 Å². The minimum atomic E-state index is -0.528. The summed E-state index contributed by atoms with van der Waals surface area (Å²) >= 11 is 0. The minimum absolute atomic E-state index is 0.0139. The van der Waals surface area contributed by atoms with E-state index in [1.807, 2.05) is 60.7 Å². The molecule has 0 heterocycles. The number of nitriles is 1. The van der Waals surface area contributed by atoms with Crippen LogP contribution in [0, 0.1) is 11.3 Å². The van der Waals surface area contributed by atoms with Gasteiger partial charge in [0.25, 0.3) is 5.91 Å². The fourth-order valence-corrected chi connectivity index (χ4v) is 3.56. The van der Waals surface area contributed by atoms with Gasteiger partial charge in [-0.3, -0.25) is 9.59 Å². The highest BCUT2D eigenvalue weighted by Crippen LogP contribution is 2.24. The highest BCUT2D eigenvalue weighted by atomic mass is 16.5. The van der Waals surface area contributed by atoms with Crippen LogP contribution < -0.4 is 10.1 Å². The molecule has 0 radical (unpaired) electrons. The van der Waals surface area contributed by atoms with Gasteiger partial charge in [0.1, 0.15) is 5.75 Å². The molecule has 0 aliphatic rings. The van der Waals surface area contributed by atoms with Crippen molar-refractivity contribution >= 4 is 11.9 Å². The van der Waals surface area contributed by atoms with Crippen LogP contribution in [0.15, 0.2) is 109 Å². The van der Waals surface area contributed by atoms with Gasteiger partial charge in [-0.2, -0.15) is 5.26 Å². The van der Waals surface area contributed by atoms with Crippen molar-refractivity contribution in [3.05, 3.63) is 126 Å². The number of carbonyl (C=O) groups excluding carboxylic acids is 2. The highest BCUT2D eigenvalue weighted by Gasteiger charge is 2.20. The minimum Gasteiger partial charge on any atom is -0.426 e. The Morgan fingerprint density at radius 3 is 1.91 bits per heavy atom. The van der Waals surface area contributed by atoms with Gasteiger partial charge in [-0.05, 0) is 53.1 Å². The molecule has 1 unspecified atom stereocenters. The zero-order valence-corrected chi connectivity index (χ0v) is 18.3. The summed E-state index contributed by atoms with van der Waals surface area (Å²) < 4.78 is 5.55. The molecule has 0 spiro atoms. The third-order valence-electron chi connectivity index (χ3n) is 5.35. The lowest BCUT2D eigenvalue weighted by Gasteiger charge is -2.19. The number of ether oxygens (including phenoxy) is 1. The fraction of sp³-hybridized carbons (Fsp3) is 0.0690. The predicted molar refractivity (Wildman–Crippen MR) is 130 cm³/mol. The molecule has 5 heteroatoms. The lowest BCUT2D eigenvalue weighted by atomic mass is 10.0. The van der Waals surface area contributed by atoms with Gasteiger partial charge >= 0.3 is 5.97 Å². The standard InChI is InChI=1S/C29H22N2O3/c30-20-21-11-13-22(14-12-21)23-15-17-26(18-16-23)34-28(32)19-27(24-7-3-1-4-8-24)31-29(33)25-9-5-2-6-10-25/h1-18,27H,19H2,(H,31,33). The van der Waals surface area contributed by atoms with Gasteiger partial charge in [-0.15, -0.1) is 0 Å². The van der Waals surface area contributed by atoms with E-state index in [0.29, 0.717) is 16.9 Å². The monoisotopic (exact) mass is 446 g/mol. The molecule has 34 heavy (non-hydrogen) atoms. The first-order valence-electron chi connectivity index (χ1n) is 10.8. The van der Waals surface area contributed by atoms with Crippen molar-refractivity contribution in [2.24, 2.45) is 0 Å². The van der Waals surface area contributed by atoms with Gasteiger partial charge in [0.15, 0.2) is 0 Å². The third kappa shape index (κ3) is 5.76. The number of esters is 1. The Morgan fingerprint density at radius 1 is 0.765 bits per heavy atom. The second-order valence-electron chi connectivity index (χ2n) is 7.69. The molecule has 0 saturated carbocycles. The summed E-state index contributed by atoms with van der Waals surface area (Å²) in [4.78, 5) is 25.4. The van der Waals surface area contributed by atoms with Gasteiger partial charge in [0, 0.05) is 5.56 Å². The van der Waals surface area contributed by atoms with Crippen LogP contribution in [0.3, 0.4) is 0 Å². The quantitative estimate of drug-likeness (QED) is 0.292. The maximum absolute atomic E-state index is 12.7. The number of amides is 1. The van der Waals surface area contributed by atoms with Crippen LogP contribution in [0.1, 0.15) is 33.9 Å². The Kier molecular flexibility index (Phi) is 7.12. The molecule has 5 nitrogen and oxygen atoms in total. The number of nitrogens with one attached hydrogen (secondary N) is 1. The van der Waals surface area contributed by atoms with Crippen LogP contribution in [0.25, 0.3) is 11.1 Å². The highest BCUT2D eigenvalue weighted by molar-refractivity contribution is 5.94. The number of benzene rings is 4. The molecule has 4 aromatic rings. The van der Waals surface area contributed by atoms with E-state index >= 15 is 0 Å². The molecule has 0 saturated heterocycles.